The van der Waals surface area contributed by atoms with Gasteiger partial charge in [-0.1, -0.05) is 36.6 Å². The first-order chi connectivity index (χ1) is 12.1. The van der Waals surface area contributed by atoms with E-state index < -0.39 is 0 Å². The van der Waals surface area contributed by atoms with Crippen molar-refractivity contribution in [2.75, 3.05) is 18.0 Å². The molecular formula is C19H23ClN4O. The minimum Gasteiger partial charge on any atom is -0.347 e. The number of rotatable bonds is 4. The van der Waals surface area contributed by atoms with Gasteiger partial charge in [-0.15, -0.1) is 0 Å². The Hall–Kier alpha value is -2.14. The van der Waals surface area contributed by atoms with Gasteiger partial charge in [0.05, 0.1) is 0 Å². The normalized spacial score (nSPS) is 14.9. The molecule has 0 unspecified atom stereocenters. The summed E-state index contributed by atoms with van der Waals surface area (Å²) in [6, 6.07) is 9.16. The first-order valence-electron chi connectivity index (χ1n) is 8.75. The van der Waals surface area contributed by atoms with Crippen molar-refractivity contribution >= 4 is 23.5 Å². The van der Waals surface area contributed by atoms with Crippen LogP contribution in [-0.4, -0.2) is 29.0 Å². The molecule has 6 heteroatoms. The predicted molar refractivity (Wildman–Crippen MR) is 100 cm³/mol. The van der Waals surface area contributed by atoms with Crippen LogP contribution in [0.2, 0.25) is 5.02 Å². The zero-order valence-corrected chi connectivity index (χ0v) is 15.2. The van der Waals surface area contributed by atoms with Gasteiger partial charge >= 0.3 is 0 Å². The molecule has 2 heterocycles. The quantitative estimate of drug-likeness (QED) is 0.904. The van der Waals surface area contributed by atoms with Crippen LogP contribution < -0.4 is 10.2 Å². The van der Waals surface area contributed by atoms with Gasteiger partial charge in [0.25, 0.3) is 5.91 Å². The summed E-state index contributed by atoms with van der Waals surface area (Å²) < 4.78 is 0. The van der Waals surface area contributed by atoms with Crippen LogP contribution >= 0.6 is 11.6 Å². The Labute approximate surface area is 153 Å². The summed E-state index contributed by atoms with van der Waals surface area (Å²) in [6.45, 7) is 4.25. The number of nitrogens with one attached hydrogen (secondary N) is 1. The van der Waals surface area contributed by atoms with E-state index in [0.717, 1.165) is 37.2 Å². The Morgan fingerprint density at radius 2 is 1.80 bits per heavy atom. The van der Waals surface area contributed by atoms with Gasteiger partial charge in [-0.2, -0.15) is 0 Å². The Morgan fingerprint density at radius 1 is 1.12 bits per heavy atom. The highest BCUT2D eigenvalue weighted by Gasteiger charge is 2.16. The zero-order chi connectivity index (χ0) is 17.6. The Balaban J connectivity index is 1.70. The van der Waals surface area contributed by atoms with E-state index in [0.29, 0.717) is 23.2 Å². The molecule has 0 aliphatic carbocycles. The van der Waals surface area contributed by atoms with Crippen LogP contribution in [-0.2, 0) is 6.54 Å². The van der Waals surface area contributed by atoms with E-state index in [1.807, 2.05) is 31.2 Å². The Kier molecular flexibility index (Phi) is 5.87. The highest BCUT2D eigenvalue weighted by atomic mass is 35.5. The number of carbonyl (C=O) groups is 1. The van der Waals surface area contributed by atoms with Crippen molar-refractivity contribution in [2.45, 2.75) is 39.2 Å². The van der Waals surface area contributed by atoms with Crippen molar-refractivity contribution < 1.29 is 4.79 Å². The monoisotopic (exact) mass is 358 g/mol. The number of carbonyl (C=O) groups excluding carboxylic acids is 1. The molecule has 1 aromatic heterocycles. The summed E-state index contributed by atoms with van der Waals surface area (Å²) in [5.41, 5.74) is 2.22. The number of aryl methyl sites for hydroxylation is 1. The molecule has 0 spiro atoms. The average molecular weight is 359 g/mol. The molecule has 1 aromatic carbocycles. The molecular weight excluding hydrogens is 336 g/mol. The summed E-state index contributed by atoms with van der Waals surface area (Å²) in [6.07, 6.45) is 4.79. The molecule has 25 heavy (non-hydrogen) atoms. The summed E-state index contributed by atoms with van der Waals surface area (Å²) in [5, 5.41) is 3.60. The van der Waals surface area contributed by atoms with Crippen LogP contribution in [0.25, 0.3) is 0 Å². The minimum absolute atomic E-state index is 0.184. The van der Waals surface area contributed by atoms with Gasteiger partial charge in [0, 0.05) is 30.4 Å². The maximum absolute atomic E-state index is 12.5. The summed E-state index contributed by atoms with van der Waals surface area (Å²) in [4.78, 5) is 23.7. The third-order valence-corrected chi connectivity index (χ3v) is 4.58. The van der Waals surface area contributed by atoms with Crippen LogP contribution in [0.4, 0.5) is 5.95 Å². The maximum atomic E-state index is 12.5. The fourth-order valence-electron chi connectivity index (χ4n) is 2.96. The van der Waals surface area contributed by atoms with E-state index in [9.17, 15) is 4.79 Å². The molecule has 2 aromatic rings. The van der Waals surface area contributed by atoms with Gasteiger partial charge in [-0.3, -0.25) is 4.79 Å². The molecule has 1 fully saturated rings. The lowest BCUT2D eigenvalue weighted by Gasteiger charge is -2.21. The zero-order valence-electron chi connectivity index (χ0n) is 14.5. The van der Waals surface area contributed by atoms with Crippen LogP contribution in [0.5, 0.6) is 0 Å². The van der Waals surface area contributed by atoms with Crippen molar-refractivity contribution in [2.24, 2.45) is 0 Å². The second kappa shape index (κ2) is 8.30. The largest absolute Gasteiger partial charge is 0.347 e. The maximum Gasteiger partial charge on any atom is 0.270 e. The van der Waals surface area contributed by atoms with Gasteiger partial charge in [0.15, 0.2) is 0 Å². The van der Waals surface area contributed by atoms with E-state index >= 15 is 0 Å². The lowest BCUT2D eigenvalue weighted by Crippen LogP contribution is -2.29. The standard InChI is InChI=1S/C19H23ClN4O/c1-14-12-17(18(25)21-13-15-6-8-16(20)9-7-15)23-19(22-14)24-10-4-2-3-5-11-24/h6-9,12H,2-5,10-11,13H2,1H3,(H,21,25). The number of anilines is 1. The van der Waals surface area contributed by atoms with E-state index in [1.54, 1.807) is 6.07 Å². The highest BCUT2D eigenvalue weighted by molar-refractivity contribution is 6.30. The number of hydrogen-bond donors (Lipinski definition) is 1. The predicted octanol–water partition coefficient (Wildman–Crippen LogP) is 3.75. The molecule has 5 nitrogen and oxygen atoms in total. The summed E-state index contributed by atoms with van der Waals surface area (Å²) in [7, 11) is 0. The number of hydrogen-bond acceptors (Lipinski definition) is 4. The van der Waals surface area contributed by atoms with Gasteiger partial charge < -0.3 is 10.2 Å². The molecule has 1 aliphatic heterocycles. The van der Waals surface area contributed by atoms with Gasteiger partial charge in [0.1, 0.15) is 5.69 Å². The molecule has 132 valence electrons. The SMILES string of the molecule is Cc1cc(C(=O)NCc2ccc(Cl)cc2)nc(N2CCCCCC2)n1. The molecule has 1 aliphatic rings. The molecule has 1 saturated heterocycles. The van der Waals surface area contributed by atoms with Crippen LogP contribution in [0.3, 0.4) is 0 Å². The molecule has 0 radical (unpaired) electrons. The van der Waals surface area contributed by atoms with E-state index in [1.165, 1.54) is 12.8 Å². The van der Waals surface area contributed by atoms with Crippen molar-refractivity contribution in [1.82, 2.24) is 15.3 Å². The fraction of sp³-hybridized carbons (Fsp3) is 0.421. The Morgan fingerprint density at radius 3 is 2.48 bits per heavy atom. The number of halogens is 1. The molecule has 1 N–H and O–H groups in total. The number of amides is 1. The fourth-order valence-corrected chi connectivity index (χ4v) is 3.08. The second-order valence-electron chi connectivity index (χ2n) is 6.40. The van der Waals surface area contributed by atoms with Crippen molar-refractivity contribution in [3.05, 3.63) is 52.3 Å². The minimum atomic E-state index is -0.184. The van der Waals surface area contributed by atoms with Crippen LogP contribution in [0.15, 0.2) is 30.3 Å². The molecule has 0 bridgehead atoms. The van der Waals surface area contributed by atoms with Gasteiger partial charge in [-0.05, 0) is 43.5 Å². The molecule has 1 amide bonds. The Bertz CT molecular complexity index is 725. The lowest BCUT2D eigenvalue weighted by atomic mass is 10.2. The van der Waals surface area contributed by atoms with Crippen molar-refractivity contribution in [3.63, 3.8) is 0 Å². The number of aromatic nitrogens is 2. The molecule has 0 atom stereocenters. The van der Waals surface area contributed by atoms with Crippen molar-refractivity contribution in [1.29, 1.82) is 0 Å². The number of nitrogens with zero attached hydrogens (tertiary/aromatic N) is 3. The van der Waals surface area contributed by atoms with E-state index in [2.05, 4.69) is 20.2 Å². The van der Waals surface area contributed by atoms with E-state index in [-0.39, 0.29) is 5.91 Å². The smallest absolute Gasteiger partial charge is 0.270 e. The highest BCUT2D eigenvalue weighted by Crippen LogP contribution is 2.17. The lowest BCUT2D eigenvalue weighted by molar-refractivity contribution is 0.0945. The third kappa shape index (κ3) is 4.92. The number of benzene rings is 1. The molecule has 3 rings (SSSR count). The second-order valence-corrected chi connectivity index (χ2v) is 6.84. The van der Waals surface area contributed by atoms with Crippen LogP contribution in [0, 0.1) is 6.92 Å². The third-order valence-electron chi connectivity index (χ3n) is 4.33. The first kappa shape index (κ1) is 17.7. The first-order valence-corrected chi connectivity index (χ1v) is 9.13. The summed E-state index contributed by atoms with van der Waals surface area (Å²) in [5.74, 6) is 0.482. The van der Waals surface area contributed by atoms with Gasteiger partial charge in [-0.25, -0.2) is 9.97 Å². The van der Waals surface area contributed by atoms with E-state index in [4.69, 9.17) is 11.6 Å². The average Bonchev–Trinajstić information content (AvgIpc) is 2.90. The summed E-state index contributed by atoms with van der Waals surface area (Å²) >= 11 is 5.88. The van der Waals surface area contributed by atoms with Crippen molar-refractivity contribution in [3.8, 4) is 0 Å². The van der Waals surface area contributed by atoms with Crippen LogP contribution in [0.1, 0.15) is 47.4 Å². The van der Waals surface area contributed by atoms with Gasteiger partial charge in [0.2, 0.25) is 5.95 Å². The topological polar surface area (TPSA) is 58.1 Å². The molecule has 0 saturated carbocycles.